The molecule has 0 spiro atoms. The highest BCUT2D eigenvalue weighted by Crippen LogP contribution is 2.27. The summed E-state index contributed by atoms with van der Waals surface area (Å²) >= 11 is 0. The van der Waals surface area contributed by atoms with E-state index in [-0.39, 0.29) is 16.5 Å². The number of pyridine rings is 1. The second-order valence-electron chi connectivity index (χ2n) is 8.96. The van der Waals surface area contributed by atoms with Crippen molar-refractivity contribution in [1.29, 1.82) is 0 Å². The molecule has 2 heterocycles. The zero-order valence-electron chi connectivity index (χ0n) is 21.0. The summed E-state index contributed by atoms with van der Waals surface area (Å²) in [7, 11) is -0.728. The van der Waals surface area contributed by atoms with Gasteiger partial charge in [-0.3, -0.25) is 14.2 Å². The number of rotatable bonds is 7. The summed E-state index contributed by atoms with van der Waals surface area (Å²) < 4.78 is 75.2. The Bertz CT molecular complexity index is 1590. The maximum absolute atomic E-state index is 15.0. The minimum Gasteiger partial charge on any atom is -0.363 e. The minimum atomic E-state index is -5.43. The second-order valence-corrected chi connectivity index (χ2v) is 11.4. The number of fused-ring (bicyclic) bond motifs is 1. The summed E-state index contributed by atoms with van der Waals surface area (Å²) in [6, 6.07) is 5.65. The number of benzene rings is 1. The van der Waals surface area contributed by atoms with Gasteiger partial charge < -0.3 is 9.74 Å². The van der Waals surface area contributed by atoms with Crippen LogP contribution in [0.1, 0.15) is 13.3 Å². The smallest absolute Gasteiger partial charge is 0.363 e. The van der Waals surface area contributed by atoms with E-state index in [2.05, 4.69) is 14.8 Å². The Balaban J connectivity index is 1.89. The molecule has 1 N–H and O–H groups in total. The Labute approximate surface area is 219 Å². The van der Waals surface area contributed by atoms with Crippen LogP contribution in [0.3, 0.4) is 0 Å². The highest BCUT2D eigenvalue weighted by atomic mass is 32.2. The van der Waals surface area contributed by atoms with Crippen LogP contribution in [0.5, 0.6) is 0 Å². The SMILES string of the molecule is CN(C)c1ccc(-c2cc3ncn(CC[C@](C)(C(=O)NOC(=O)C(F)(F)F)S(C)(=O)=O)c(=O)c3cc2F)cn1. The van der Waals surface area contributed by atoms with E-state index < -0.39 is 57.0 Å². The first-order valence-electron chi connectivity index (χ1n) is 11.1. The molecule has 0 unspecified atom stereocenters. The summed E-state index contributed by atoms with van der Waals surface area (Å²) in [5, 5.41) is -0.138. The number of anilines is 1. The molecule has 0 saturated carbocycles. The van der Waals surface area contributed by atoms with Crippen LogP contribution in [-0.2, 0) is 30.8 Å². The number of hydrogen-bond acceptors (Lipinski definition) is 9. The van der Waals surface area contributed by atoms with E-state index in [4.69, 9.17) is 0 Å². The van der Waals surface area contributed by atoms with Gasteiger partial charge in [-0.2, -0.15) is 18.7 Å². The zero-order chi connectivity index (χ0) is 29.3. The first-order valence-corrected chi connectivity index (χ1v) is 13.0. The molecule has 1 amide bonds. The Hall–Kier alpha value is -4.08. The van der Waals surface area contributed by atoms with E-state index in [1.807, 2.05) is 0 Å². The van der Waals surface area contributed by atoms with Gasteiger partial charge in [0.05, 0.1) is 17.2 Å². The van der Waals surface area contributed by atoms with Crippen LogP contribution in [-0.4, -0.2) is 66.1 Å². The number of amides is 1. The molecule has 0 bridgehead atoms. The largest absolute Gasteiger partial charge is 0.493 e. The molecule has 16 heteroatoms. The molecule has 0 radical (unpaired) electrons. The molecule has 39 heavy (non-hydrogen) atoms. The molecule has 0 aliphatic carbocycles. The van der Waals surface area contributed by atoms with E-state index in [1.54, 1.807) is 31.1 Å². The van der Waals surface area contributed by atoms with Crippen LogP contribution in [0.4, 0.5) is 23.4 Å². The summed E-state index contributed by atoms with van der Waals surface area (Å²) in [6.07, 6.45) is -2.89. The van der Waals surface area contributed by atoms with Crippen LogP contribution < -0.4 is 15.9 Å². The molecule has 3 aromatic rings. The predicted molar refractivity (Wildman–Crippen MR) is 132 cm³/mol. The van der Waals surface area contributed by atoms with E-state index in [9.17, 15) is 40.4 Å². The van der Waals surface area contributed by atoms with Gasteiger partial charge in [-0.1, -0.05) is 0 Å². The molecular formula is C23H23F4N5O6S. The summed E-state index contributed by atoms with van der Waals surface area (Å²) in [4.78, 5) is 50.1. The Morgan fingerprint density at radius 1 is 1.15 bits per heavy atom. The highest BCUT2D eigenvalue weighted by Gasteiger charge is 2.46. The molecule has 3 rings (SSSR count). The van der Waals surface area contributed by atoms with Gasteiger partial charge in [0, 0.05) is 44.2 Å². The number of hydrogen-bond donors (Lipinski definition) is 1. The number of aromatic nitrogens is 3. The molecule has 0 fully saturated rings. The fourth-order valence-electron chi connectivity index (χ4n) is 3.43. The van der Waals surface area contributed by atoms with E-state index in [0.29, 0.717) is 17.6 Å². The number of nitrogens with zero attached hydrogens (tertiary/aromatic N) is 4. The fraction of sp³-hybridized carbons (Fsp3) is 0.348. The Morgan fingerprint density at radius 3 is 2.36 bits per heavy atom. The minimum absolute atomic E-state index is 0.131. The third-order valence-electron chi connectivity index (χ3n) is 6.03. The van der Waals surface area contributed by atoms with Crippen molar-refractivity contribution in [2.75, 3.05) is 25.3 Å². The lowest BCUT2D eigenvalue weighted by Gasteiger charge is -2.26. The normalized spacial score (nSPS) is 13.5. The lowest BCUT2D eigenvalue weighted by atomic mass is 10.0. The van der Waals surface area contributed by atoms with Crippen LogP contribution in [0, 0.1) is 5.82 Å². The predicted octanol–water partition coefficient (Wildman–Crippen LogP) is 1.99. The molecular weight excluding hydrogens is 550 g/mol. The van der Waals surface area contributed by atoms with Crippen molar-refractivity contribution in [3.63, 3.8) is 0 Å². The number of halogens is 4. The van der Waals surface area contributed by atoms with Gasteiger partial charge in [0.15, 0.2) is 14.6 Å². The molecule has 1 aromatic carbocycles. The molecule has 0 aliphatic rings. The maximum Gasteiger partial charge on any atom is 0.493 e. The van der Waals surface area contributed by atoms with Gasteiger partial charge in [-0.15, -0.1) is 0 Å². The molecule has 0 aliphatic heterocycles. The third kappa shape index (κ3) is 6.16. The van der Waals surface area contributed by atoms with E-state index in [0.717, 1.165) is 23.9 Å². The number of carbonyl (C=O) groups excluding carboxylic acids is 2. The van der Waals surface area contributed by atoms with Gasteiger partial charge in [0.2, 0.25) is 0 Å². The first kappa shape index (κ1) is 29.5. The average molecular weight is 574 g/mol. The van der Waals surface area contributed by atoms with Crippen LogP contribution in [0.25, 0.3) is 22.0 Å². The molecule has 1 atom stereocenters. The van der Waals surface area contributed by atoms with Crippen molar-refractivity contribution in [2.45, 2.75) is 30.8 Å². The van der Waals surface area contributed by atoms with Crippen molar-refractivity contribution < 1.29 is 40.4 Å². The van der Waals surface area contributed by atoms with E-state index >= 15 is 0 Å². The molecule has 11 nitrogen and oxygen atoms in total. The van der Waals surface area contributed by atoms with Crippen molar-refractivity contribution in [1.82, 2.24) is 20.0 Å². The second kappa shape index (κ2) is 10.6. The monoisotopic (exact) mass is 573 g/mol. The number of nitrogens with one attached hydrogen (secondary N) is 1. The molecule has 210 valence electrons. The van der Waals surface area contributed by atoms with Gasteiger partial charge in [-0.25, -0.2) is 27.6 Å². The van der Waals surface area contributed by atoms with Gasteiger partial charge in [0.1, 0.15) is 11.6 Å². The highest BCUT2D eigenvalue weighted by molar-refractivity contribution is 7.92. The molecule has 2 aromatic heterocycles. The van der Waals surface area contributed by atoms with E-state index in [1.165, 1.54) is 17.7 Å². The third-order valence-corrected chi connectivity index (χ3v) is 8.05. The topological polar surface area (TPSA) is 141 Å². The lowest BCUT2D eigenvalue weighted by molar-refractivity contribution is -0.207. The summed E-state index contributed by atoms with van der Waals surface area (Å²) in [6.45, 7) is 0.436. The molecule has 0 saturated heterocycles. The number of aryl methyl sites for hydroxylation is 1. The first-order chi connectivity index (χ1) is 18.0. The summed E-state index contributed by atoms with van der Waals surface area (Å²) in [5.41, 5.74) is 1.16. The number of carbonyl (C=O) groups is 2. The van der Waals surface area contributed by atoms with Crippen molar-refractivity contribution in [2.24, 2.45) is 0 Å². The van der Waals surface area contributed by atoms with Crippen molar-refractivity contribution >= 4 is 38.4 Å². The quantitative estimate of drug-likeness (QED) is 0.332. The number of hydroxylamine groups is 1. The van der Waals surface area contributed by atoms with Crippen LogP contribution in [0.2, 0.25) is 0 Å². The van der Waals surface area contributed by atoms with Gasteiger partial charge in [0.25, 0.3) is 11.5 Å². The number of alkyl halides is 3. The fourth-order valence-corrected chi connectivity index (χ4v) is 4.27. The Kier molecular flexibility index (Phi) is 8.00. The lowest BCUT2D eigenvalue weighted by Crippen LogP contribution is -2.51. The maximum atomic E-state index is 15.0. The van der Waals surface area contributed by atoms with Crippen LogP contribution in [0.15, 0.2) is 41.6 Å². The van der Waals surface area contributed by atoms with Gasteiger partial charge >= 0.3 is 12.1 Å². The standard InChI is InChI=1S/C23H23F4N5O6S/c1-22(39(4,36)37,20(34)30-38-21(35)23(25,26)27)7-8-32-12-29-17-10-14(16(24)9-15(17)19(32)33)13-5-6-18(28-11-13)31(2)3/h5-6,9-12H,7-8H2,1-4H3,(H,30,34)/t22-/m1/s1. The van der Waals surface area contributed by atoms with Crippen molar-refractivity contribution in [3.8, 4) is 11.1 Å². The van der Waals surface area contributed by atoms with Crippen molar-refractivity contribution in [3.05, 3.63) is 53.0 Å². The summed E-state index contributed by atoms with van der Waals surface area (Å²) in [5.74, 6) is -4.42. The van der Waals surface area contributed by atoms with Crippen LogP contribution >= 0.6 is 0 Å². The average Bonchev–Trinajstić information content (AvgIpc) is 2.85. The number of sulfone groups is 1. The zero-order valence-corrected chi connectivity index (χ0v) is 21.9. The van der Waals surface area contributed by atoms with Gasteiger partial charge in [-0.05, 0) is 37.6 Å². The Morgan fingerprint density at radius 2 is 1.82 bits per heavy atom.